The molecule has 1 aromatic rings. The van der Waals surface area contributed by atoms with Crippen molar-refractivity contribution in [2.45, 2.75) is 66.0 Å². The number of urea groups is 1. The van der Waals surface area contributed by atoms with E-state index in [-0.39, 0.29) is 54.3 Å². The fourth-order valence-electron chi connectivity index (χ4n) is 3.03. The third-order valence-electron chi connectivity index (χ3n) is 4.33. The van der Waals surface area contributed by atoms with Crippen molar-refractivity contribution < 1.29 is 18.7 Å². The van der Waals surface area contributed by atoms with E-state index in [9.17, 15) is 14.0 Å². The van der Waals surface area contributed by atoms with Gasteiger partial charge >= 0.3 is 6.03 Å². The van der Waals surface area contributed by atoms with Gasteiger partial charge in [0.05, 0.1) is 0 Å². The van der Waals surface area contributed by atoms with E-state index in [1.54, 1.807) is 11.0 Å². The molecule has 3 N–H and O–H groups in total. The highest BCUT2D eigenvalue weighted by atomic mass is 35.5. The third-order valence-corrected chi connectivity index (χ3v) is 4.67. The third kappa shape index (κ3) is 6.00. The van der Waals surface area contributed by atoms with Gasteiger partial charge in [0.25, 0.3) is 5.91 Å². The van der Waals surface area contributed by atoms with Gasteiger partial charge in [0, 0.05) is 18.6 Å². The Kier molecular flexibility index (Phi) is 7.73. The van der Waals surface area contributed by atoms with E-state index >= 15 is 0 Å². The molecule has 160 valence electrons. The molecular formula is C20H28ClFN4O3. The Morgan fingerprint density at radius 2 is 2.00 bits per heavy atom. The summed E-state index contributed by atoms with van der Waals surface area (Å²) >= 11 is 6.20. The van der Waals surface area contributed by atoms with Gasteiger partial charge < -0.3 is 25.6 Å². The van der Waals surface area contributed by atoms with Crippen molar-refractivity contribution in [2.75, 3.05) is 0 Å². The maximum atomic E-state index is 13.7. The van der Waals surface area contributed by atoms with Gasteiger partial charge in [0.15, 0.2) is 5.03 Å². The lowest BCUT2D eigenvalue weighted by atomic mass is 10.1. The van der Waals surface area contributed by atoms with E-state index in [0.717, 1.165) is 0 Å². The zero-order chi connectivity index (χ0) is 21.7. The van der Waals surface area contributed by atoms with Crippen molar-refractivity contribution in [2.24, 2.45) is 0 Å². The van der Waals surface area contributed by atoms with Gasteiger partial charge in [-0.05, 0) is 57.9 Å². The van der Waals surface area contributed by atoms with Crippen molar-refractivity contribution in [3.05, 3.63) is 46.1 Å². The highest BCUT2D eigenvalue weighted by Crippen LogP contribution is 2.23. The topological polar surface area (TPSA) is 82.7 Å². The van der Waals surface area contributed by atoms with Crippen molar-refractivity contribution in [3.63, 3.8) is 0 Å². The van der Waals surface area contributed by atoms with Crippen LogP contribution in [0.15, 0.2) is 29.1 Å². The summed E-state index contributed by atoms with van der Waals surface area (Å²) in [6.45, 7) is 9.52. The highest BCUT2D eigenvalue weighted by Gasteiger charge is 2.33. The molecule has 7 nitrogen and oxygen atoms in total. The van der Waals surface area contributed by atoms with E-state index in [4.69, 9.17) is 16.3 Å². The number of hydrogen-bond acceptors (Lipinski definition) is 4. The van der Waals surface area contributed by atoms with E-state index in [1.165, 1.54) is 12.1 Å². The largest absolute Gasteiger partial charge is 0.473 e. The average molecular weight is 427 g/mol. The van der Waals surface area contributed by atoms with Crippen LogP contribution in [0, 0.1) is 5.82 Å². The molecule has 3 amide bonds. The summed E-state index contributed by atoms with van der Waals surface area (Å²) in [5.41, 5.74) is 1.24. The molecular weight excluding hydrogens is 399 g/mol. The molecule has 1 aliphatic rings. The highest BCUT2D eigenvalue weighted by molar-refractivity contribution is 6.42. The quantitative estimate of drug-likeness (QED) is 0.625. The minimum absolute atomic E-state index is 0.0123. The number of nitrogens with one attached hydrogen (secondary N) is 3. The van der Waals surface area contributed by atoms with Crippen LogP contribution in [-0.2, 0) is 22.7 Å². The van der Waals surface area contributed by atoms with Gasteiger partial charge in [-0.25, -0.2) is 9.18 Å². The molecule has 1 atom stereocenters. The molecule has 0 bridgehead atoms. The Hall–Kier alpha value is -2.48. The second kappa shape index (κ2) is 9.82. The van der Waals surface area contributed by atoms with Gasteiger partial charge in [0.2, 0.25) is 5.88 Å². The minimum atomic E-state index is -0.417. The molecule has 1 aromatic carbocycles. The second-order valence-electron chi connectivity index (χ2n) is 7.45. The SMILES string of the molecule is CC(C)NC(=O)NCc1cc(F)ccc1COC1=C(Cl)C(=O)N(C(C)C)C(C)N1. The molecule has 9 heteroatoms. The van der Waals surface area contributed by atoms with Gasteiger partial charge in [0.1, 0.15) is 18.6 Å². The first kappa shape index (κ1) is 22.8. The molecule has 0 fully saturated rings. The van der Waals surface area contributed by atoms with Crippen LogP contribution < -0.4 is 16.0 Å². The predicted octanol–water partition coefficient (Wildman–Crippen LogP) is 3.14. The molecule has 1 heterocycles. The number of benzene rings is 1. The number of halogens is 2. The minimum Gasteiger partial charge on any atom is -0.473 e. The number of hydrogen-bond donors (Lipinski definition) is 3. The normalized spacial score (nSPS) is 16.9. The van der Waals surface area contributed by atoms with Crippen molar-refractivity contribution in [1.29, 1.82) is 0 Å². The summed E-state index contributed by atoms with van der Waals surface area (Å²) in [4.78, 5) is 25.9. The summed E-state index contributed by atoms with van der Waals surface area (Å²) in [7, 11) is 0. The monoisotopic (exact) mass is 426 g/mol. The number of carbonyl (C=O) groups excluding carboxylic acids is 2. The second-order valence-corrected chi connectivity index (χ2v) is 7.83. The smallest absolute Gasteiger partial charge is 0.315 e. The van der Waals surface area contributed by atoms with Crippen LogP contribution >= 0.6 is 11.6 Å². The number of rotatable bonds is 7. The number of nitrogens with zero attached hydrogens (tertiary/aromatic N) is 1. The fraction of sp³-hybridized carbons (Fsp3) is 0.500. The van der Waals surface area contributed by atoms with E-state index in [0.29, 0.717) is 11.1 Å². The van der Waals surface area contributed by atoms with Crippen molar-refractivity contribution in [1.82, 2.24) is 20.9 Å². The van der Waals surface area contributed by atoms with Crippen molar-refractivity contribution in [3.8, 4) is 0 Å². The van der Waals surface area contributed by atoms with E-state index < -0.39 is 5.82 Å². The first-order chi connectivity index (χ1) is 13.6. The number of ether oxygens (including phenoxy) is 1. The lowest BCUT2D eigenvalue weighted by Crippen LogP contribution is -2.54. The molecule has 1 unspecified atom stereocenters. The van der Waals surface area contributed by atoms with Crippen LogP contribution in [-0.4, -0.2) is 35.1 Å². The first-order valence-electron chi connectivity index (χ1n) is 9.53. The Balaban J connectivity index is 2.10. The lowest BCUT2D eigenvalue weighted by Gasteiger charge is -2.37. The van der Waals surface area contributed by atoms with Crippen molar-refractivity contribution >= 4 is 23.5 Å². The van der Waals surface area contributed by atoms with Crippen LogP contribution in [0.5, 0.6) is 0 Å². The van der Waals surface area contributed by atoms with Gasteiger partial charge in [-0.2, -0.15) is 0 Å². The van der Waals surface area contributed by atoms with E-state index in [1.807, 2.05) is 34.6 Å². The molecule has 2 rings (SSSR count). The molecule has 29 heavy (non-hydrogen) atoms. The Bertz CT molecular complexity index is 798. The predicted molar refractivity (Wildman–Crippen MR) is 109 cm³/mol. The van der Waals surface area contributed by atoms with Crippen LogP contribution in [0.1, 0.15) is 45.7 Å². The Labute approximate surface area is 175 Å². The number of amides is 3. The van der Waals surface area contributed by atoms with Gasteiger partial charge in [-0.3, -0.25) is 4.79 Å². The molecule has 1 aliphatic heterocycles. The molecule has 0 aliphatic carbocycles. The maximum Gasteiger partial charge on any atom is 0.315 e. The fourth-order valence-corrected chi connectivity index (χ4v) is 3.24. The molecule has 0 aromatic heterocycles. The summed E-state index contributed by atoms with van der Waals surface area (Å²) in [5, 5.41) is 8.44. The molecule has 0 saturated carbocycles. The standard InChI is InChI=1S/C20H28ClFN4O3/c1-11(2)24-20(28)23-9-15-8-16(22)7-6-14(15)10-29-18-17(21)19(27)26(12(3)4)13(5)25-18/h6-8,11-13,25H,9-10H2,1-5H3,(H2,23,24,28). The van der Waals surface area contributed by atoms with Gasteiger partial charge in [-0.1, -0.05) is 17.7 Å². The maximum absolute atomic E-state index is 13.7. The lowest BCUT2D eigenvalue weighted by molar-refractivity contribution is -0.133. The van der Waals surface area contributed by atoms with Crippen LogP contribution in [0.25, 0.3) is 0 Å². The molecule has 0 saturated heterocycles. The molecule has 0 radical (unpaired) electrons. The van der Waals surface area contributed by atoms with Gasteiger partial charge in [-0.15, -0.1) is 0 Å². The first-order valence-corrected chi connectivity index (χ1v) is 9.91. The summed E-state index contributed by atoms with van der Waals surface area (Å²) < 4.78 is 19.4. The number of carbonyl (C=O) groups is 2. The van der Waals surface area contributed by atoms with Crippen LogP contribution in [0.3, 0.4) is 0 Å². The van der Waals surface area contributed by atoms with Crippen LogP contribution in [0.2, 0.25) is 0 Å². The summed E-state index contributed by atoms with van der Waals surface area (Å²) in [6.07, 6.45) is -0.283. The summed E-state index contributed by atoms with van der Waals surface area (Å²) in [5.74, 6) is -0.546. The molecule has 0 spiro atoms. The zero-order valence-electron chi connectivity index (χ0n) is 17.3. The summed E-state index contributed by atoms with van der Waals surface area (Å²) in [6, 6.07) is 3.86. The Morgan fingerprint density at radius 3 is 2.62 bits per heavy atom. The van der Waals surface area contributed by atoms with Crippen LogP contribution in [0.4, 0.5) is 9.18 Å². The average Bonchev–Trinajstić information content (AvgIpc) is 2.62. The van der Waals surface area contributed by atoms with E-state index in [2.05, 4.69) is 16.0 Å². The Morgan fingerprint density at radius 1 is 1.31 bits per heavy atom. The zero-order valence-corrected chi connectivity index (χ0v) is 18.1.